The van der Waals surface area contributed by atoms with Crippen molar-refractivity contribution in [2.24, 2.45) is 0 Å². The first-order valence-electron chi connectivity index (χ1n) is 5.89. The molecule has 0 N–H and O–H groups in total. The quantitative estimate of drug-likeness (QED) is 0.470. The molecule has 20 heavy (non-hydrogen) atoms. The van der Waals surface area contributed by atoms with Crippen molar-refractivity contribution < 1.29 is 14.3 Å². The van der Waals surface area contributed by atoms with E-state index in [1.165, 1.54) is 18.9 Å². The molecule has 0 aliphatic rings. The van der Waals surface area contributed by atoms with Crippen LogP contribution < -0.4 is 4.74 Å². The van der Waals surface area contributed by atoms with Crippen molar-refractivity contribution in [2.75, 3.05) is 13.0 Å². The molecule has 0 unspecified atom stereocenters. The van der Waals surface area contributed by atoms with Gasteiger partial charge in [-0.3, -0.25) is 0 Å². The van der Waals surface area contributed by atoms with Crippen molar-refractivity contribution in [1.82, 2.24) is 0 Å². The van der Waals surface area contributed by atoms with Crippen LogP contribution in [0.5, 0.6) is 5.75 Å². The summed E-state index contributed by atoms with van der Waals surface area (Å²) >= 11 is 7.45. The second-order valence-electron chi connectivity index (χ2n) is 3.85. The van der Waals surface area contributed by atoms with E-state index in [-0.39, 0.29) is 0 Å². The molecular weight excluding hydrogens is 296 g/mol. The first-order valence-corrected chi connectivity index (χ1v) is 7.25. The first kappa shape index (κ1) is 14.8. The minimum atomic E-state index is -0.443. The Kier molecular flexibility index (Phi) is 5.32. The third-order valence-electron chi connectivity index (χ3n) is 2.53. The van der Waals surface area contributed by atoms with Crippen LogP contribution in [0, 0.1) is 0 Å². The topological polar surface area (TPSA) is 35.5 Å². The second kappa shape index (κ2) is 7.22. The Labute approximate surface area is 126 Å². The van der Waals surface area contributed by atoms with Gasteiger partial charge in [0.1, 0.15) is 17.3 Å². The summed E-state index contributed by atoms with van der Waals surface area (Å²) in [6.07, 6.45) is 0. The Morgan fingerprint density at radius 1 is 1.20 bits per heavy atom. The molecule has 0 fully saturated rings. The molecule has 2 aromatic rings. The molecule has 0 atom stereocenters. The molecule has 0 bridgehead atoms. The highest BCUT2D eigenvalue weighted by molar-refractivity contribution is 7.99. The minimum absolute atomic E-state index is 0.366. The van der Waals surface area contributed by atoms with Gasteiger partial charge in [-0.1, -0.05) is 41.6 Å². The summed E-state index contributed by atoms with van der Waals surface area (Å²) in [4.78, 5) is 12.7. The number of ether oxygens (including phenoxy) is 2. The Morgan fingerprint density at radius 3 is 2.65 bits per heavy atom. The number of hydrogen-bond donors (Lipinski definition) is 0. The fourth-order valence-corrected chi connectivity index (χ4v) is 2.41. The van der Waals surface area contributed by atoms with Crippen molar-refractivity contribution in [3.05, 3.63) is 59.1 Å². The number of benzene rings is 2. The van der Waals surface area contributed by atoms with Gasteiger partial charge in [0.15, 0.2) is 0 Å². The van der Waals surface area contributed by atoms with Crippen molar-refractivity contribution >= 4 is 29.3 Å². The summed E-state index contributed by atoms with van der Waals surface area (Å²) in [7, 11) is 1.33. The molecule has 2 rings (SSSR count). The van der Waals surface area contributed by atoms with Crippen LogP contribution in [0.4, 0.5) is 0 Å². The predicted molar refractivity (Wildman–Crippen MR) is 80.6 cm³/mol. The summed E-state index contributed by atoms with van der Waals surface area (Å²) < 4.78 is 10.3. The van der Waals surface area contributed by atoms with Gasteiger partial charge in [-0.2, -0.15) is 0 Å². The molecule has 0 aliphatic carbocycles. The number of esters is 1. The van der Waals surface area contributed by atoms with E-state index < -0.39 is 5.97 Å². The highest BCUT2D eigenvalue weighted by Gasteiger charge is 2.13. The van der Waals surface area contributed by atoms with Crippen molar-refractivity contribution in [2.45, 2.75) is 4.90 Å². The summed E-state index contributed by atoms with van der Waals surface area (Å²) in [5.41, 5.74) is 0.366. The number of hydrogen-bond acceptors (Lipinski definition) is 4. The monoisotopic (exact) mass is 308 g/mol. The minimum Gasteiger partial charge on any atom is -0.482 e. The maximum Gasteiger partial charge on any atom is 0.341 e. The molecule has 0 aromatic heterocycles. The molecule has 0 heterocycles. The number of methoxy groups -OCH3 is 1. The molecule has 0 saturated carbocycles. The van der Waals surface area contributed by atoms with Crippen molar-refractivity contribution in [1.29, 1.82) is 0 Å². The Hall–Kier alpha value is -1.65. The standard InChI is InChI=1S/C15H13ClO3S/c1-18-15(17)13-8-7-11(16)9-14(13)19-10-20-12-5-3-2-4-6-12/h2-9H,10H2,1H3. The molecule has 3 nitrogen and oxygen atoms in total. The van der Waals surface area contributed by atoms with E-state index in [0.29, 0.717) is 22.3 Å². The largest absolute Gasteiger partial charge is 0.482 e. The first-order chi connectivity index (χ1) is 9.70. The van der Waals surface area contributed by atoms with Crippen molar-refractivity contribution in [3.8, 4) is 5.75 Å². The van der Waals surface area contributed by atoms with E-state index in [2.05, 4.69) is 0 Å². The molecule has 0 radical (unpaired) electrons. The molecular formula is C15H13ClO3S. The number of carbonyl (C=O) groups excluding carboxylic acids is 1. The number of halogens is 1. The lowest BCUT2D eigenvalue weighted by Gasteiger charge is -2.10. The van der Waals surface area contributed by atoms with Gasteiger partial charge in [-0.15, -0.1) is 0 Å². The molecule has 104 valence electrons. The maximum absolute atomic E-state index is 11.6. The van der Waals surface area contributed by atoms with Gasteiger partial charge < -0.3 is 9.47 Å². The molecule has 0 spiro atoms. The van der Waals surface area contributed by atoms with Crippen LogP contribution >= 0.6 is 23.4 Å². The fraction of sp³-hybridized carbons (Fsp3) is 0.133. The van der Waals surface area contributed by atoms with E-state index in [4.69, 9.17) is 21.1 Å². The van der Waals surface area contributed by atoms with Crippen LogP contribution in [0.3, 0.4) is 0 Å². The smallest absolute Gasteiger partial charge is 0.341 e. The Bertz CT molecular complexity index is 587. The zero-order chi connectivity index (χ0) is 14.4. The summed E-state index contributed by atoms with van der Waals surface area (Å²) in [5, 5.41) is 0.511. The third kappa shape index (κ3) is 3.92. The van der Waals surface area contributed by atoms with Crippen LogP contribution in [0.1, 0.15) is 10.4 Å². The highest BCUT2D eigenvalue weighted by Crippen LogP contribution is 2.26. The van der Waals surface area contributed by atoms with Crippen LogP contribution in [-0.2, 0) is 4.74 Å². The summed E-state index contributed by atoms with van der Waals surface area (Å²) in [6, 6.07) is 14.7. The van der Waals surface area contributed by atoms with Gasteiger partial charge in [-0.05, 0) is 30.3 Å². The highest BCUT2D eigenvalue weighted by atomic mass is 35.5. The number of thioether (sulfide) groups is 1. The maximum atomic E-state index is 11.6. The summed E-state index contributed by atoms with van der Waals surface area (Å²) in [5.74, 6) is 0.364. The normalized spacial score (nSPS) is 10.1. The van der Waals surface area contributed by atoms with Gasteiger partial charge in [0.25, 0.3) is 0 Å². The number of rotatable bonds is 5. The van der Waals surface area contributed by atoms with E-state index in [1.54, 1.807) is 18.2 Å². The van der Waals surface area contributed by atoms with Gasteiger partial charge in [0, 0.05) is 9.92 Å². The third-order valence-corrected chi connectivity index (χ3v) is 3.61. The van der Waals surface area contributed by atoms with Gasteiger partial charge in [0.05, 0.1) is 7.11 Å². The van der Waals surface area contributed by atoms with E-state index in [1.807, 2.05) is 30.3 Å². The molecule has 5 heteroatoms. The second-order valence-corrected chi connectivity index (χ2v) is 5.28. The van der Waals surface area contributed by atoms with Gasteiger partial charge in [-0.25, -0.2) is 4.79 Å². The molecule has 0 saturated heterocycles. The average Bonchev–Trinajstić information content (AvgIpc) is 2.48. The SMILES string of the molecule is COC(=O)c1ccc(Cl)cc1OCSc1ccccc1. The Balaban J connectivity index is 2.05. The zero-order valence-electron chi connectivity index (χ0n) is 10.8. The lowest BCUT2D eigenvalue weighted by atomic mass is 10.2. The van der Waals surface area contributed by atoms with Gasteiger partial charge >= 0.3 is 5.97 Å². The van der Waals surface area contributed by atoms with Crippen LogP contribution in [0.15, 0.2) is 53.4 Å². The van der Waals surface area contributed by atoms with E-state index in [9.17, 15) is 4.79 Å². The van der Waals surface area contributed by atoms with E-state index >= 15 is 0 Å². The predicted octanol–water partition coefficient (Wildman–Crippen LogP) is 4.26. The summed E-state index contributed by atoms with van der Waals surface area (Å²) in [6.45, 7) is 0. The molecule has 0 aliphatic heterocycles. The van der Waals surface area contributed by atoms with Gasteiger partial charge in [0.2, 0.25) is 0 Å². The molecule has 0 amide bonds. The average molecular weight is 309 g/mol. The number of carbonyl (C=O) groups is 1. The van der Waals surface area contributed by atoms with Crippen LogP contribution in [0.2, 0.25) is 5.02 Å². The lowest BCUT2D eigenvalue weighted by Crippen LogP contribution is -2.05. The molecule has 2 aromatic carbocycles. The Morgan fingerprint density at radius 2 is 1.95 bits per heavy atom. The zero-order valence-corrected chi connectivity index (χ0v) is 12.4. The van der Waals surface area contributed by atoms with Crippen LogP contribution in [0.25, 0.3) is 0 Å². The lowest BCUT2D eigenvalue weighted by molar-refractivity contribution is 0.0597. The van der Waals surface area contributed by atoms with Crippen molar-refractivity contribution in [3.63, 3.8) is 0 Å². The van der Waals surface area contributed by atoms with E-state index in [0.717, 1.165) is 4.90 Å². The van der Waals surface area contributed by atoms with Crippen LogP contribution in [-0.4, -0.2) is 19.0 Å². The fourth-order valence-electron chi connectivity index (χ4n) is 1.57.